The predicted octanol–water partition coefficient (Wildman–Crippen LogP) is 3.56. The molecule has 0 fully saturated rings. The van der Waals surface area contributed by atoms with Crippen LogP contribution in [0.15, 0.2) is 12.1 Å². The minimum Gasteiger partial charge on any atom is -0.478 e. The number of aromatic carboxylic acids is 1. The first kappa shape index (κ1) is 14.6. The molecule has 0 radical (unpaired) electrons. The number of hydrogen-bond donors (Lipinski definition) is 2. The van der Waals surface area contributed by atoms with E-state index in [0.717, 1.165) is 11.1 Å². The van der Waals surface area contributed by atoms with E-state index < -0.39 is 5.97 Å². The van der Waals surface area contributed by atoms with Crippen molar-refractivity contribution in [2.24, 2.45) is 0 Å². The molecule has 0 aliphatic carbocycles. The summed E-state index contributed by atoms with van der Waals surface area (Å²) >= 11 is 0. The highest BCUT2D eigenvalue weighted by molar-refractivity contribution is 5.95. The molecule has 1 aromatic carbocycles. The second-order valence-corrected chi connectivity index (χ2v) is 6.79. The fourth-order valence-electron chi connectivity index (χ4n) is 1.88. The quantitative estimate of drug-likeness (QED) is 0.748. The first-order chi connectivity index (χ1) is 7.94. The van der Waals surface area contributed by atoms with Crippen LogP contribution in [0, 0.1) is 0 Å². The number of hydrogen-bond acceptors (Lipinski definition) is 2. The molecule has 0 saturated heterocycles. The van der Waals surface area contributed by atoms with Crippen molar-refractivity contribution in [3.63, 3.8) is 0 Å². The SMILES string of the molecule is CC(C)(C)c1cc(C(=O)O)c(N)c(C(C)(C)C)c1. The molecule has 0 spiro atoms. The van der Waals surface area contributed by atoms with Gasteiger partial charge in [-0.25, -0.2) is 4.79 Å². The van der Waals surface area contributed by atoms with Gasteiger partial charge in [-0.15, -0.1) is 0 Å². The van der Waals surface area contributed by atoms with Crippen molar-refractivity contribution >= 4 is 11.7 Å². The van der Waals surface area contributed by atoms with Crippen LogP contribution in [0.4, 0.5) is 5.69 Å². The van der Waals surface area contributed by atoms with Crippen molar-refractivity contribution in [3.05, 3.63) is 28.8 Å². The van der Waals surface area contributed by atoms with E-state index in [1.807, 2.05) is 26.8 Å². The van der Waals surface area contributed by atoms with Crippen molar-refractivity contribution < 1.29 is 9.90 Å². The summed E-state index contributed by atoms with van der Waals surface area (Å²) in [7, 11) is 0. The van der Waals surface area contributed by atoms with E-state index in [9.17, 15) is 9.90 Å². The normalized spacial score (nSPS) is 12.6. The lowest BCUT2D eigenvalue weighted by atomic mass is 9.78. The van der Waals surface area contributed by atoms with Gasteiger partial charge < -0.3 is 10.8 Å². The molecule has 0 heterocycles. The lowest BCUT2D eigenvalue weighted by Crippen LogP contribution is -2.20. The molecule has 0 atom stereocenters. The lowest BCUT2D eigenvalue weighted by molar-refractivity contribution is 0.0698. The molecule has 0 bridgehead atoms. The molecule has 3 nitrogen and oxygen atoms in total. The molecular formula is C15H23NO2. The molecule has 0 aromatic heterocycles. The van der Waals surface area contributed by atoms with Gasteiger partial charge in [-0.1, -0.05) is 47.6 Å². The highest BCUT2D eigenvalue weighted by atomic mass is 16.4. The average molecular weight is 249 g/mol. The molecule has 0 aliphatic rings. The number of carboxylic acid groups (broad SMARTS) is 1. The fourth-order valence-corrected chi connectivity index (χ4v) is 1.88. The Hall–Kier alpha value is -1.51. The lowest BCUT2D eigenvalue weighted by Gasteiger charge is -2.27. The number of carboxylic acids is 1. The smallest absolute Gasteiger partial charge is 0.337 e. The summed E-state index contributed by atoms with van der Waals surface area (Å²) in [5.74, 6) is -0.968. The Balaban J connectivity index is 3.63. The van der Waals surface area contributed by atoms with Crippen molar-refractivity contribution in [1.29, 1.82) is 0 Å². The van der Waals surface area contributed by atoms with Crippen LogP contribution in [0.3, 0.4) is 0 Å². The monoisotopic (exact) mass is 249 g/mol. The van der Waals surface area contributed by atoms with Gasteiger partial charge in [0.05, 0.1) is 5.56 Å². The van der Waals surface area contributed by atoms with Crippen LogP contribution in [0.25, 0.3) is 0 Å². The largest absolute Gasteiger partial charge is 0.478 e. The van der Waals surface area contributed by atoms with Gasteiger partial charge in [0.2, 0.25) is 0 Å². The summed E-state index contributed by atoms with van der Waals surface area (Å²) in [6.45, 7) is 12.3. The van der Waals surface area contributed by atoms with Crippen LogP contribution in [0.1, 0.15) is 63.0 Å². The van der Waals surface area contributed by atoms with E-state index in [-0.39, 0.29) is 16.4 Å². The van der Waals surface area contributed by atoms with E-state index in [1.165, 1.54) is 0 Å². The average Bonchev–Trinajstić information content (AvgIpc) is 2.13. The molecular weight excluding hydrogens is 226 g/mol. The molecule has 3 heteroatoms. The molecule has 1 aromatic rings. The van der Waals surface area contributed by atoms with Gasteiger partial charge in [0, 0.05) is 5.69 Å². The van der Waals surface area contributed by atoms with Gasteiger partial charge in [0.25, 0.3) is 0 Å². The Kier molecular flexibility index (Phi) is 3.48. The Morgan fingerprint density at radius 1 is 1.06 bits per heavy atom. The second kappa shape index (κ2) is 4.30. The van der Waals surface area contributed by atoms with Crippen LogP contribution < -0.4 is 5.73 Å². The van der Waals surface area contributed by atoms with E-state index in [1.54, 1.807) is 6.07 Å². The summed E-state index contributed by atoms with van der Waals surface area (Å²) in [4.78, 5) is 11.3. The van der Waals surface area contributed by atoms with Crippen molar-refractivity contribution in [2.75, 3.05) is 5.73 Å². The van der Waals surface area contributed by atoms with Crippen LogP contribution in [0.2, 0.25) is 0 Å². The first-order valence-electron chi connectivity index (χ1n) is 6.12. The predicted molar refractivity (Wildman–Crippen MR) is 75.2 cm³/mol. The van der Waals surface area contributed by atoms with Crippen LogP contribution >= 0.6 is 0 Å². The number of benzene rings is 1. The number of nitrogens with two attached hydrogens (primary N) is 1. The van der Waals surface area contributed by atoms with Gasteiger partial charge in [-0.05, 0) is 28.0 Å². The van der Waals surface area contributed by atoms with Gasteiger partial charge in [-0.3, -0.25) is 0 Å². The first-order valence-corrected chi connectivity index (χ1v) is 6.12. The second-order valence-electron chi connectivity index (χ2n) is 6.79. The number of carbonyl (C=O) groups is 1. The Labute approximate surface area is 109 Å². The van der Waals surface area contributed by atoms with E-state index in [2.05, 4.69) is 20.8 Å². The maximum atomic E-state index is 11.3. The molecule has 0 unspecified atom stereocenters. The van der Waals surface area contributed by atoms with E-state index in [4.69, 9.17) is 5.73 Å². The zero-order valence-electron chi connectivity index (χ0n) is 12.1. The Morgan fingerprint density at radius 3 is 1.89 bits per heavy atom. The molecule has 1 rings (SSSR count). The molecule has 0 aliphatic heterocycles. The summed E-state index contributed by atoms with van der Waals surface area (Å²) in [5, 5.41) is 9.27. The maximum Gasteiger partial charge on any atom is 0.337 e. The molecule has 0 amide bonds. The summed E-state index contributed by atoms with van der Waals surface area (Å²) < 4.78 is 0. The van der Waals surface area contributed by atoms with Gasteiger partial charge >= 0.3 is 5.97 Å². The van der Waals surface area contributed by atoms with Crippen LogP contribution in [-0.2, 0) is 10.8 Å². The topological polar surface area (TPSA) is 63.3 Å². The Morgan fingerprint density at radius 2 is 1.56 bits per heavy atom. The van der Waals surface area contributed by atoms with Gasteiger partial charge in [0.1, 0.15) is 0 Å². The summed E-state index contributed by atoms with van der Waals surface area (Å²) in [5.41, 5.74) is 8.21. The minimum atomic E-state index is -0.968. The molecule has 3 N–H and O–H groups in total. The standard InChI is InChI=1S/C15H23NO2/c1-14(2,3)9-7-10(13(17)18)12(16)11(8-9)15(4,5)6/h7-8H,16H2,1-6H3,(H,17,18). The zero-order valence-corrected chi connectivity index (χ0v) is 12.1. The molecule has 0 saturated carbocycles. The van der Waals surface area contributed by atoms with Crippen LogP contribution in [0.5, 0.6) is 0 Å². The van der Waals surface area contributed by atoms with Crippen molar-refractivity contribution in [2.45, 2.75) is 52.4 Å². The summed E-state index contributed by atoms with van der Waals surface area (Å²) in [6.07, 6.45) is 0. The van der Waals surface area contributed by atoms with E-state index >= 15 is 0 Å². The number of rotatable bonds is 1. The highest BCUT2D eigenvalue weighted by Crippen LogP contribution is 2.35. The maximum absolute atomic E-state index is 11.3. The zero-order chi connectivity index (χ0) is 14.3. The Bertz CT molecular complexity index is 476. The third kappa shape index (κ3) is 2.84. The van der Waals surface area contributed by atoms with Crippen molar-refractivity contribution in [1.82, 2.24) is 0 Å². The van der Waals surface area contributed by atoms with Crippen LogP contribution in [-0.4, -0.2) is 11.1 Å². The third-order valence-corrected chi connectivity index (χ3v) is 3.08. The third-order valence-electron chi connectivity index (χ3n) is 3.08. The van der Waals surface area contributed by atoms with Gasteiger partial charge in [-0.2, -0.15) is 0 Å². The highest BCUT2D eigenvalue weighted by Gasteiger charge is 2.25. The minimum absolute atomic E-state index is 0.0993. The number of anilines is 1. The molecule has 18 heavy (non-hydrogen) atoms. The van der Waals surface area contributed by atoms with Gasteiger partial charge in [0.15, 0.2) is 0 Å². The van der Waals surface area contributed by atoms with Crippen molar-refractivity contribution in [3.8, 4) is 0 Å². The molecule has 100 valence electrons. The number of nitrogen functional groups attached to an aromatic ring is 1. The summed E-state index contributed by atoms with van der Waals surface area (Å²) in [6, 6.07) is 3.72. The van der Waals surface area contributed by atoms with E-state index in [0.29, 0.717) is 5.69 Å². The fraction of sp³-hybridized carbons (Fsp3) is 0.533.